The smallest absolute Gasteiger partial charge is 0.407 e. The van der Waals surface area contributed by atoms with Gasteiger partial charge in [0.2, 0.25) is 0 Å². The number of nitrogen functional groups attached to an aromatic ring is 1. The summed E-state index contributed by atoms with van der Waals surface area (Å²) in [6, 6.07) is 22.0. The lowest BCUT2D eigenvalue weighted by Crippen LogP contribution is -2.26. The minimum atomic E-state index is -0.473. The summed E-state index contributed by atoms with van der Waals surface area (Å²) in [5.41, 5.74) is 12.0. The molecule has 1 aliphatic rings. The summed E-state index contributed by atoms with van der Waals surface area (Å²) in [6.45, 7) is 0.497. The van der Waals surface area contributed by atoms with Crippen molar-refractivity contribution in [3.63, 3.8) is 0 Å². The molecule has 3 aromatic rings. The van der Waals surface area contributed by atoms with Gasteiger partial charge >= 0.3 is 6.09 Å². The molecule has 0 spiro atoms. The van der Waals surface area contributed by atoms with E-state index in [1.807, 2.05) is 36.4 Å². The van der Waals surface area contributed by atoms with Crippen LogP contribution >= 0.6 is 15.9 Å². The Kier molecular flexibility index (Phi) is 5.55. The zero-order valence-corrected chi connectivity index (χ0v) is 17.2. The Morgan fingerprint density at radius 1 is 1.03 bits per heavy atom. The van der Waals surface area contributed by atoms with Crippen molar-refractivity contribution < 1.29 is 9.53 Å². The summed E-state index contributed by atoms with van der Waals surface area (Å²) in [5.74, 6) is 5.95. The molecule has 29 heavy (non-hydrogen) atoms. The van der Waals surface area contributed by atoms with Crippen molar-refractivity contribution in [1.29, 1.82) is 0 Å². The van der Waals surface area contributed by atoms with Crippen LogP contribution in [0.4, 0.5) is 10.5 Å². The quantitative estimate of drug-likeness (QED) is 0.443. The normalized spacial score (nSPS) is 11.8. The second kappa shape index (κ2) is 8.42. The maximum absolute atomic E-state index is 12.1. The Hall–Kier alpha value is -3.23. The van der Waals surface area contributed by atoms with Gasteiger partial charge in [-0.05, 0) is 56.4 Å². The van der Waals surface area contributed by atoms with Crippen molar-refractivity contribution in [2.24, 2.45) is 0 Å². The van der Waals surface area contributed by atoms with Crippen molar-refractivity contribution in [3.8, 4) is 23.0 Å². The lowest BCUT2D eigenvalue weighted by atomic mass is 9.98. The number of ether oxygens (including phenoxy) is 1. The summed E-state index contributed by atoms with van der Waals surface area (Å²) >= 11 is 3.37. The molecule has 0 saturated carbocycles. The van der Waals surface area contributed by atoms with Crippen LogP contribution in [-0.4, -0.2) is 19.2 Å². The zero-order chi connectivity index (χ0) is 20.2. The summed E-state index contributed by atoms with van der Waals surface area (Å²) in [5, 5.41) is 2.68. The predicted octanol–water partition coefficient (Wildman–Crippen LogP) is 4.92. The van der Waals surface area contributed by atoms with Crippen LogP contribution in [0.3, 0.4) is 0 Å². The minimum absolute atomic E-state index is 0.0476. The van der Waals surface area contributed by atoms with Crippen molar-refractivity contribution >= 4 is 27.7 Å². The molecule has 0 aliphatic heterocycles. The average molecular weight is 447 g/mol. The molecular formula is C24H19BrN2O2. The molecule has 0 heterocycles. The second-order valence-corrected chi connectivity index (χ2v) is 7.57. The molecule has 0 aromatic heterocycles. The van der Waals surface area contributed by atoms with E-state index in [-0.39, 0.29) is 19.1 Å². The van der Waals surface area contributed by atoms with Crippen molar-refractivity contribution in [2.75, 3.05) is 18.9 Å². The first kappa shape index (κ1) is 19.1. The molecule has 0 atom stereocenters. The molecule has 3 aromatic carbocycles. The van der Waals surface area contributed by atoms with Gasteiger partial charge in [-0.25, -0.2) is 4.79 Å². The second-order valence-electron chi connectivity index (χ2n) is 6.72. The molecule has 0 radical (unpaired) electrons. The molecule has 0 bridgehead atoms. The number of halogens is 1. The predicted molar refractivity (Wildman–Crippen MR) is 119 cm³/mol. The van der Waals surface area contributed by atoms with Crippen molar-refractivity contribution in [3.05, 3.63) is 87.9 Å². The van der Waals surface area contributed by atoms with Gasteiger partial charge in [0.1, 0.15) is 6.61 Å². The van der Waals surface area contributed by atoms with Crippen LogP contribution in [0, 0.1) is 11.8 Å². The number of carbonyl (C=O) groups excluding carboxylic acids is 1. The molecule has 0 fully saturated rings. The maximum atomic E-state index is 12.1. The molecule has 5 heteroatoms. The number of fused-ring (bicyclic) bond motifs is 3. The third-order valence-electron chi connectivity index (χ3n) is 4.90. The van der Waals surface area contributed by atoms with Gasteiger partial charge in [0, 0.05) is 21.6 Å². The average Bonchev–Trinajstić information content (AvgIpc) is 3.06. The van der Waals surface area contributed by atoms with Gasteiger partial charge in [-0.2, -0.15) is 0 Å². The Bertz CT molecular complexity index is 1090. The Balaban J connectivity index is 1.35. The van der Waals surface area contributed by atoms with Crippen LogP contribution < -0.4 is 11.1 Å². The van der Waals surface area contributed by atoms with Crippen LogP contribution in [0.1, 0.15) is 22.6 Å². The van der Waals surface area contributed by atoms with Crippen molar-refractivity contribution in [2.45, 2.75) is 5.92 Å². The first-order valence-corrected chi connectivity index (χ1v) is 10.1. The number of hydrogen-bond acceptors (Lipinski definition) is 3. The number of nitrogens with two attached hydrogens (primary N) is 1. The van der Waals surface area contributed by atoms with Gasteiger partial charge < -0.3 is 15.8 Å². The third kappa shape index (κ3) is 4.13. The number of alkyl carbamates (subject to hydrolysis) is 1. The number of amides is 1. The lowest BCUT2D eigenvalue weighted by molar-refractivity contribution is 0.144. The van der Waals surface area contributed by atoms with Gasteiger partial charge in [-0.15, -0.1) is 0 Å². The Morgan fingerprint density at radius 3 is 2.34 bits per heavy atom. The van der Waals surface area contributed by atoms with Gasteiger partial charge in [0.15, 0.2) is 0 Å². The van der Waals surface area contributed by atoms with Crippen LogP contribution in [0.15, 0.2) is 71.2 Å². The van der Waals surface area contributed by atoms with Crippen LogP contribution in [-0.2, 0) is 4.74 Å². The van der Waals surface area contributed by atoms with Gasteiger partial charge in [0.25, 0.3) is 0 Å². The highest BCUT2D eigenvalue weighted by Gasteiger charge is 2.28. The molecule has 4 rings (SSSR count). The molecule has 0 unspecified atom stereocenters. The third-order valence-corrected chi connectivity index (χ3v) is 5.58. The van der Waals surface area contributed by atoms with Gasteiger partial charge in [-0.1, -0.05) is 60.4 Å². The van der Waals surface area contributed by atoms with E-state index in [0.717, 1.165) is 10.0 Å². The summed E-state index contributed by atoms with van der Waals surface area (Å²) in [7, 11) is 0. The number of hydrogen-bond donors (Lipinski definition) is 2. The Labute approximate surface area is 178 Å². The minimum Gasteiger partial charge on any atom is -0.449 e. The fourth-order valence-corrected chi connectivity index (χ4v) is 3.90. The van der Waals surface area contributed by atoms with Gasteiger partial charge in [-0.3, -0.25) is 0 Å². The number of benzene rings is 3. The number of anilines is 1. The molecule has 4 nitrogen and oxygen atoms in total. The molecule has 3 N–H and O–H groups in total. The van der Waals surface area contributed by atoms with Crippen LogP contribution in [0.2, 0.25) is 0 Å². The maximum Gasteiger partial charge on any atom is 0.407 e. The summed E-state index contributed by atoms with van der Waals surface area (Å²) in [4.78, 5) is 12.1. The van der Waals surface area contributed by atoms with E-state index in [1.165, 1.54) is 22.3 Å². The summed E-state index contributed by atoms with van der Waals surface area (Å²) in [6.07, 6.45) is -0.473. The zero-order valence-electron chi connectivity index (χ0n) is 15.6. The van der Waals surface area contributed by atoms with E-state index in [4.69, 9.17) is 10.5 Å². The van der Waals surface area contributed by atoms with Gasteiger partial charge in [0.05, 0.1) is 6.54 Å². The van der Waals surface area contributed by atoms with E-state index in [1.54, 1.807) is 6.07 Å². The SMILES string of the molecule is Nc1ccc(C#CCNC(=O)OCC2c3ccccc3-c3ccccc32)cc1Br. The molecular weight excluding hydrogens is 428 g/mol. The van der Waals surface area contributed by atoms with Crippen LogP contribution in [0.25, 0.3) is 11.1 Å². The first-order valence-electron chi connectivity index (χ1n) is 9.26. The number of carbonyl (C=O) groups is 1. The molecule has 0 saturated heterocycles. The van der Waals surface area contributed by atoms with E-state index < -0.39 is 6.09 Å². The lowest BCUT2D eigenvalue weighted by Gasteiger charge is -2.14. The van der Waals surface area contributed by atoms with E-state index in [9.17, 15) is 4.79 Å². The highest BCUT2D eigenvalue weighted by Crippen LogP contribution is 2.44. The Morgan fingerprint density at radius 2 is 1.69 bits per heavy atom. The number of rotatable bonds is 3. The fraction of sp³-hybridized carbons (Fsp3) is 0.125. The standard InChI is InChI=1S/C24H19BrN2O2/c25-22-14-16(11-12-23(22)26)6-5-13-27-24(28)29-15-21-19-9-3-1-7-17(19)18-8-2-4-10-20(18)21/h1-4,7-12,14,21H,13,15,26H2,(H,27,28). The monoisotopic (exact) mass is 446 g/mol. The largest absolute Gasteiger partial charge is 0.449 e. The highest BCUT2D eigenvalue weighted by atomic mass is 79.9. The van der Waals surface area contributed by atoms with Crippen molar-refractivity contribution in [1.82, 2.24) is 5.32 Å². The topological polar surface area (TPSA) is 64.3 Å². The fourth-order valence-electron chi connectivity index (χ4n) is 3.52. The number of nitrogens with one attached hydrogen (secondary N) is 1. The van der Waals surface area contributed by atoms with Crippen LogP contribution in [0.5, 0.6) is 0 Å². The molecule has 1 amide bonds. The van der Waals surface area contributed by atoms with E-state index >= 15 is 0 Å². The molecule has 144 valence electrons. The summed E-state index contributed by atoms with van der Waals surface area (Å²) < 4.78 is 6.28. The van der Waals surface area contributed by atoms with E-state index in [0.29, 0.717) is 5.69 Å². The first-order chi connectivity index (χ1) is 14.1. The van der Waals surface area contributed by atoms with E-state index in [2.05, 4.69) is 57.4 Å². The molecule has 1 aliphatic carbocycles. The highest BCUT2D eigenvalue weighted by molar-refractivity contribution is 9.10.